The lowest BCUT2D eigenvalue weighted by molar-refractivity contribution is 0.547. The van der Waals surface area contributed by atoms with Crippen LogP contribution in [0.15, 0.2) is 34.5 Å². The molecule has 2 nitrogen and oxygen atoms in total. The first-order valence-electron chi connectivity index (χ1n) is 4.61. The van der Waals surface area contributed by atoms with Crippen LogP contribution >= 0.6 is 7.65 Å². The highest BCUT2D eigenvalue weighted by molar-refractivity contribution is 7.36. The van der Waals surface area contributed by atoms with E-state index < -0.39 is 7.65 Å². The molecule has 1 atom stereocenters. The third-order valence-corrected chi connectivity index (χ3v) is 3.54. The second kappa shape index (κ2) is 3.13. The number of fused-ring (bicyclic) bond motifs is 3. The summed E-state index contributed by atoms with van der Waals surface area (Å²) < 4.78 is 17.1. The number of benzene rings is 1. The van der Waals surface area contributed by atoms with Crippen molar-refractivity contribution in [1.82, 2.24) is 0 Å². The molecule has 1 heterocycles. The van der Waals surface area contributed by atoms with Crippen molar-refractivity contribution in [2.24, 2.45) is 0 Å². The predicted octanol–water partition coefficient (Wildman–Crippen LogP) is 4.02. The van der Waals surface area contributed by atoms with Gasteiger partial charge >= 0.3 is 13.4 Å². The van der Waals surface area contributed by atoms with Crippen LogP contribution in [-0.2, 0) is 4.57 Å². The van der Waals surface area contributed by atoms with Crippen LogP contribution in [0, 0.1) is 6.08 Å². The van der Waals surface area contributed by atoms with Gasteiger partial charge in [-0.1, -0.05) is 12.1 Å². The minimum absolute atomic E-state index is 0.650. The van der Waals surface area contributed by atoms with E-state index in [1.165, 1.54) is 0 Å². The van der Waals surface area contributed by atoms with E-state index >= 15 is 0 Å². The van der Waals surface area contributed by atoms with Crippen molar-refractivity contribution >= 4 is 30.3 Å². The Morgan fingerprint density at radius 2 is 2.13 bits per heavy atom. The monoisotopic (exact) mass is 214 g/mol. The van der Waals surface area contributed by atoms with E-state index in [2.05, 4.69) is 6.08 Å². The van der Waals surface area contributed by atoms with Crippen molar-refractivity contribution in [3.05, 3.63) is 47.7 Å². The van der Waals surface area contributed by atoms with E-state index in [0.717, 1.165) is 16.1 Å². The topological polar surface area (TPSA) is 30.2 Å². The average Bonchev–Trinajstić information content (AvgIpc) is 2.30. The van der Waals surface area contributed by atoms with Gasteiger partial charge in [0.25, 0.3) is 0 Å². The van der Waals surface area contributed by atoms with Crippen molar-refractivity contribution in [2.75, 3.05) is 0 Å². The molecule has 1 aliphatic rings. The van der Waals surface area contributed by atoms with Crippen LogP contribution in [0.25, 0.3) is 22.7 Å². The molecule has 0 fully saturated rings. The Morgan fingerprint density at radius 3 is 3.07 bits per heavy atom. The molecule has 2 aromatic rings. The molecule has 0 spiro atoms. The molecule has 3 rings (SSSR count). The molecule has 1 aromatic carbocycles. The van der Waals surface area contributed by atoms with Gasteiger partial charge in [0.1, 0.15) is 11.6 Å². The normalized spacial score (nSPS) is 13.7. The summed E-state index contributed by atoms with van der Waals surface area (Å²) in [5.74, 6) is 0.650. The molecule has 0 saturated carbocycles. The lowest BCUT2D eigenvalue weighted by atomic mass is 10.1. The summed E-state index contributed by atoms with van der Waals surface area (Å²) in [6.45, 7) is 0. The Hall–Kier alpha value is -1.75. The molecule has 70 valence electrons. The molecule has 0 saturated heterocycles. The molecule has 0 radical (unpaired) electrons. The Morgan fingerprint density at radius 1 is 1.27 bits per heavy atom. The van der Waals surface area contributed by atoms with Crippen molar-refractivity contribution < 1.29 is 8.76 Å². The predicted molar refractivity (Wildman–Crippen MR) is 60.6 cm³/mol. The lowest BCUT2D eigenvalue weighted by Gasteiger charge is -1.93. The first-order chi connectivity index (χ1) is 7.36. The molecule has 0 bridgehead atoms. The maximum atomic E-state index is 11.8. The maximum absolute atomic E-state index is 11.8. The standard InChI is InChI=1S/C12H7O2P/c13-15-12-8-4-2-6-10(12)9-5-1-3-7-11(9)14-15/h1-2,4-8H/q+2. The van der Waals surface area contributed by atoms with Crippen LogP contribution in [0.3, 0.4) is 0 Å². The van der Waals surface area contributed by atoms with Crippen molar-refractivity contribution in [3.63, 3.8) is 0 Å². The zero-order valence-corrected chi connectivity index (χ0v) is 8.70. The largest absolute Gasteiger partial charge is 0.611 e. The van der Waals surface area contributed by atoms with E-state index in [9.17, 15) is 4.57 Å². The van der Waals surface area contributed by atoms with Gasteiger partial charge in [-0.15, -0.1) is 0 Å². The van der Waals surface area contributed by atoms with Gasteiger partial charge < -0.3 is 0 Å². The number of hydrogen-bond donors (Lipinski definition) is 0. The van der Waals surface area contributed by atoms with Gasteiger partial charge in [0.05, 0.1) is 11.5 Å². The molecule has 0 aliphatic heterocycles. The van der Waals surface area contributed by atoms with Crippen LogP contribution in [0.1, 0.15) is 11.3 Å². The van der Waals surface area contributed by atoms with Gasteiger partial charge in [-0.25, -0.2) is 0 Å². The highest BCUT2D eigenvalue weighted by atomic mass is 31.1. The van der Waals surface area contributed by atoms with E-state index in [1.54, 1.807) is 6.08 Å². The zero-order chi connectivity index (χ0) is 10.3. The van der Waals surface area contributed by atoms with Crippen molar-refractivity contribution in [3.8, 4) is 0 Å². The zero-order valence-electron chi connectivity index (χ0n) is 7.81. The van der Waals surface area contributed by atoms with E-state index in [4.69, 9.17) is 4.20 Å². The molecule has 3 heteroatoms. The molecule has 1 aliphatic carbocycles. The molecule has 1 aromatic heterocycles. The number of allylic oxidation sites excluding steroid dienone is 2. The fraction of sp³-hybridized carbons (Fsp3) is 0. The summed E-state index contributed by atoms with van der Waals surface area (Å²) in [5, 5.41) is 1.76. The first kappa shape index (κ1) is 8.55. The minimum Gasteiger partial charge on any atom is -0.183 e. The second-order valence-electron chi connectivity index (χ2n) is 3.29. The van der Waals surface area contributed by atoms with Crippen LogP contribution < -0.4 is 0 Å². The maximum Gasteiger partial charge on any atom is 0.611 e. The Bertz CT molecular complexity index is 650. The highest BCUT2D eigenvalue weighted by Gasteiger charge is 2.25. The first-order valence-corrected chi connectivity index (χ1v) is 5.79. The Balaban J connectivity index is 2.57. The molecule has 15 heavy (non-hydrogen) atoms. The average molecular weight is 214 g/mol. The Labute approximate surface area is 87.4 Å². The minimum atomic E-state index is -1.76. The van der Waals surface area contributed by atoms with Crippen molar-refractivity contribution in [2.45, 2.75) is 0 Å². The van der Waals surface area contributed by atoms with Crippen LogP contribution in [0.4, 0.5) is 0 Å². The SMILES string of the molecule is O=[p+]1oc2c(c3ccccc31)C=C[C+]=C2. The summed E-state index contributed by atoms with van der Waals surface area (Å²) in [6.07, 6.45) is 8.40. The summed E-state index contributed by atoms with van der Waals surface area (Å²) >= 11 is 0. The van der Waals surface area contributed by atoms with Gasteiger partial charge in [-0.2, -0.15) is 4.20 Å². The van der Waals surface area contributed by atoms with Crippen LogP contribution in [-0.4, -0.2) is 0 Å². The van der Waals surface area contributed by atoms with E-state index in [1.807, 2.05) is 36.4 Å². The third kappa shape index (κ3) is 1.24. The number of rotatable bonds is 0. The molecular weight excluding hydrogens is 207 g/mol. The summed E-state index contributed by atoms with van der Waals surface area (Å²) in [4.78, 5) is 0. The second-order valence-corrected chi connectivity index (χ2v) is 4.47. The van der Waals surface area contributed by atoms with Gasteiger partial charge in [0.15, 0.2) is 6.08 Å². The fourth-order valence-corrected chi connectivity index (χ4v) is 2.74. The molecule has 0 amide bonds. The van der Waals surface area contributed by atoms with Gasteiger partial charge in [0.2, 0.25) is 5.12 Å². The summed E-state index contributed by atoms with van der Waals surface area (Å²) in [6, 6.07) is 7.61. The smallest absolute Gasteiger partial charge is 0.183 e. The van der Waals surface area contributed by atoms with Gasteiger partial charge in [0, 0.05) is 6.08 Å². The van der Waals surface area contributed by atoms with Crippen LogP contribution in [0.5, 0.6) is 0 Å². The highest BCUT2D eigenvalue weighted by Crippen LogP contribution is 2.35. The van der Waals surface area contributed by atoms with Gasteiger partial charge in [-0.05, 0) is 16.7 Å². The molecule has 1 unspecified atom stereocenters. The molecule has 0 N–H and O–H groups in total. The summed E-state index contributed by atoms with van der Waals surface area (Å²) in [5.41, 5.74) is 0.985. The molecular formula is C12H7O2P+2. The van der Waals surface area contributed by atoms with Gasteiger partial charge in [-0.3, -0.25) is 0 Å². The van der Waals surface area contributed by atoms with Crippen LogP contribution in [0.2, 0.25) is 0 Å². The third-order valence-electron chi connectivity index (χ3n) is 2.40. The quantitative estimate of drug-likeness (QED) is 0.620. The lowest BCUT2D eigenvalue weighted by Crippen LogP contribution is -1.85. The van der Waals surface area contributed by atoms with E-state index in [-0.39, 0.29) is 0 Å². The van der Waals surface area contributed by atoms with E-state index in [0.29, 0.717) is 5.76 Å². The van der Waals surface area contributed by atoms with Crippen molar-refractivity contribution in [1.29, 1.82) is 0 Å². The fourth-order valence-electron chi connectivity index (χ4n) is 1.71. The Kier molecular flexibility index (Phi) is 1.78. The summed E-state index contributed by atoms with van der Waals surface area (Å²) in [7, 11) is -1.76. The number of hydrogen-bond acceptors (Lipinski definition) is 2.